The summed E-state index contributed by atoms with van der Waals surface area (Å²) < 4.78 is 11.8. The molecule has 3 rings (SSSR count). The number of allylic oxidation sites excluding steroid dienone is 1. The van der Waals surface area contributed by atoms with Crippen LogP contribution in [0.2, 0.25) is 0 Å². The molecule has 4 nitrogen and oxygen atoms in total. The van der Waals surface area contributed by atoms with E-state index in [2.05, 4.69) is 11.5 Å². The third kappa shape index (κ3) is 3.28. The van der Waals surface area contributed by atoms with Gasteiger partial charge in [0.2, 0.25) is 0 Å². The van der Waals surface area contributed by atoms with Gasteiger partial charge < -0.3 is 14.6 Å². The topological polar surface area (TPSA) is 41.9 Å². The summed E-state index contributed by atoms with van der Waals surface area (Å²) >= 11 is 0. The zero-order valence-corrected chi connectivity index (χ0v) is 13.0. The van der Waals surface area contributed by atoms with Crippen molar-refractivity contribution in [2.75, 3.05) is 32.8 Å². The third-order valence-electron chi connectivity index (χ3n) is 4.68. The summed E-state index contributed by atoms with van der Waals surface area (Å²) in [5, 5.41) is 9.80. The molecule has 0 radical (unpaired) electrons. The minimum atomic E-state index is -0.0343. The molecule has 0 bridgehead atoms. The summed E-state index contributed by atoms with van der Waals surface area (Å²) in [5.74, 6) is 1.66. The predicted molar refractivity (Wildman–Crippen MR) is 86.4 cm³/mol. The van der Waals surface area contributed by atoms with Crippen LogP contribution in [0.3, 0.4) is 0 Å². The summed E-state index contributed by atoms with van der Waals surface area (Å²) in [5.41, 5.74) is -0.0343. The number of nitrogens with zero attached hydrogens (tertiary/aromatic N) is 1. The van der Waals surface area contributed by atoms with Gasteiger partial charge in [-0.3, -0.25) is 4.90 Å². The molecular formula is C18H25NO3. The smallest absolute Gasteiger partial charge is 0.161 e. The first-order valence-corrected chi connectivity index (χ1v) is 8.07. The lowest BCUT2D eigenvalue weighted by molar-refractivity contribution is 0.00132. The molecule has 2 atom stereocenters. The number of para-hydroxylation sites is 2. The maximum atomic E-state index is 9.80. The lowest BCUT2D eigenvalue weighted by atomic mass is 9.78. The molecule has 1 aromatic carbocycles. The Kier molecular flexibility index (Phi) is 4.69. The molecule has 2 aliphatic heterocycles. The zero-order chi connectivity index (χ0) is 15.4. The van der Waals surface area contributed by atoms with Crippen molar-refractivity contribution in [1.29, 1.82) is 0 Å². The van der Waals surface area contributed by atoms with Crippen molar-refractivity contribution < 1.29 is 14.6 Å². The van der Waals surface area contributed by atoms with Gasteiger partial charge in [0.1, 0.15) is 12.7 Å². The largest absolute Gasteiger partial charge is 0.486 e. The SMILES string of the molecule is C=CCC1(CO)CCCN(CC2COc3ccccc3O2)C1. The van der Waals surface area contributed by atoms with E-state index in [4.69, 9.17) is 9.47 Å². The second-order valence-corrected chi connectivity index (χ2v) is 6.49. The van der Waals surface area contributed by atoms with Crippen LogP contribution in [0.1, 0.15) is 19.3 Å². The number of rotatable bonds is 5. The Bertz CT molecular complexity index is 519. The number of hydrogen-bond acceptors (Lipinski definition) is 4. The van der Waals surface area contributed by atoms with Crippen molar-refractivity contribution in [3.05, 3.63) is 36.9 Å². The number of benzene rings is 1. The van der Waals surface area contributed by atoms with Gasteiger partial charge in [0, 0.05) is 18.5 Å². The highest BCUT2D eigenvalue weighted by atomic mass is 16.6. The maximum Gasteiger partial charge on any atom is 0.161 e. The predicted octanol–water partition coefficient (Wildman–Crippen LogP) is 2.48. The Morgan fingerprint density at radius 1 is 1.36 bits per heavy atom. The van der Waals surface area contributed by atoms with Gasteiger partial charge in [0.05, 0.1) is 6.61 Å². The van der Waals surface area contributed by atoms with Gasteiger partial charge in [-0.2, -0.15) is 0 Å². The average molecular weight is 303 g/mol. The molecule has 1 aromatic rings. The van der Waals surface area contributed by atoms with Gasteiger partial charge in [-0.25, -0.2) is 0 Å². The number of hydrogen-bond donors (Lipinski definition) is 1. The molecule has 120 valence electrons. The fraction of sp³-hybridized carbons (Fsp3) is 0.556. The third-order valence-corrected chi connectivity index (χ3v) is 4.68. The summed E-state index contributed by atoms with van der Waals surface area (Å²) in [6.07, 6.45) is 5.02. The van der Waals surface area contributed by atoms with E-state index in [1.54, 1.807) is 0 Å². The molecule has 2 aliphatic rings. The highest BCUT2D eigenvalue weighted by Gasteiger charge is 2.35. The molecule has 22 heavy (non-hydrogen) atoms. The fourth-order valence-corrected chi connectivity index (χ4v) is 3.57. The van der Waals surface area contributed by atoms with Crippen LogP contribution in [-0.4, -0.2) is 49.0 Å². The van der Waals surface area contributed by atoms with Crippen LogP contribution in [0.15, 0.2) is 36.9 Å². The van der Waals surface area contributed by atoms with Crippen molar-refractivity contribution in [3.63, 3.8) is 0 Å². The van der Waals surface area contributed by atoms with Crippen LogP contribution in [0.5, 0.6) is 11.5 Å². The molecule has 4 heteroatoms. The molecule has 1 fully saturated rings. The van der Waals surface area contributed by atoms with Gasteiger partial charge in [0.25, 0.3) is 0 Å². The van der Waals surface area contributed by atoms with Crippen molar-refractivity contribution in [2.24, 2.45) is 5.41 Å². The molecule has 1 saturated heterocycles. The van der Waals surface area contributed by atoms with E-state index in [-0.39, 0.29) is 18.1 Å². The quantitative estimate of drug-likeness (QED) is 0.849. The standard InChI is InChI=1S/C18H25NO3/c1-2-8-18(14-20)9-5-10-19(13-18)11-15-12-21-16-6-3-4-7-17(16)22-15/h2-4,6-7,15,20H,1,5,8-14H2. The molecule has 0 saturated carbocycles. The maximum absolute atomic E-state index is 9.80. The average Bonchev–Trinajstić information content (AvgIpc) is 2.55. The fourth-order valence-electron chi connectivity index (χ4n) is 3.57. The van der Waals surface area contributed by atoms with Gasteiger partial charge in [0.15, 0.2) is 11.5 Å². The second kappa shape index (κ2) is 6.71. The lowest BCUT2D eigenvalue weighted by Crippen LogP contribution is -2.49. The van der Waals surface area contributed by atoms with Crippen LogP contribution in [0.25, 0.3) is 0 Å². The Hall–Kier alpha value is -1.52. The van der Waals surface area contributed by atoms with Crippen molar-refractivity contribution in [1.82, 2.24) is 4.90 Å². The van der Waals surface area contributed by atoms with Crippen molar-refractivity contribution in [2.45, 2.75) is 25.4 Å². The van der Waals surface area contributed by atoms with E-state index < -0.39 is 0 Å². The van der Waals surface area contributed by atoms with E-state index in [0.717, 1.165) is 50.4 Å². The van der Waals surface area contributed by atoms with Crippen LogP contribution < -0.4 is 9.47 Å². The van der Waals surface area contributed by atoms with E-state index in [0.29, 0.717) is 6.61 Å². The van der Waals surface area contributed by atoms with E-state index >= 15 is 0 Å². The number of aliphatic hydroxyl groups is 1. The van der Waals surface area contributed by atoms with Crippen molar-refractivity contribution >= 4 is 0 Å². The normalized spacial score (nSPS) is 28.3. The van der Waals surface area contributed by atoms with Gasteiger partial charge >= 0.3 is 0 Å². The van der Waals surface area contributed by atoms with Crippen molar-refractivity contribution in [3.8, 4) is 11.5 Å². The summed E-state index contributed by atoms with van der Waals surface area (Å²) in [4.78, 5) is 2.39. The summed E-state index contributed by atoms with van der Waals surface area (Å²) in [7, 11) is 0. The summed E-state index contributed by atoms with van der Waals surface area (Å²) in [6, 6.07) is 7.81. The molecule has 1 N–H and O–H groups in total. The Morgan fingerprint density at radius 3 is 2.95 bits per heavy atom. The molecule has 0 spiro atoms. The first-order chi connectivity index (χ1) is 10.7. The van der Waals surface area contributed by atoms with Crippen LogP contribution in [0, 0.1) is 5.41 Å². The van der Waals surface area contributed by atoms with E-state index in [1.165, 1.54) is 0 Å². The number of ether oxygens (including phenoxy) is 2. The van der Waals surface area contributed by atoms with Gasteiger partial charge in [-0.05, 0) is 37.9 Å². The second-order valence-electron chi connectivity index (χ2n) is 6.49. The van der Waals surface area contributed by atoms with Crippen LogP contribution >= 0.6 is 0 Å². The molecule has 0 aliphatic carbocycles. The minimum absolute atomic E-state index is 0.0343. The molecule has 0 amide bonds. The Balaban J connectivity index is 1.60. The zero-order valence-electron chi connectivity index (χ0n) is 13.0. The monoisotopic (exact) mass is 303 g/mol. The first kappa shape index (κ1) is 15.4. The van der Waals surface area contributed by atoms with E-state index in [1.807, 2.05) is 30.3 Å². The number of likely N-dealkylation sites (tertiary alicyclic amines) is 1. The van der Waals surface area contributed by atoms with Crippen LogP contribution in [-0.2, 0) is 0 Å². The Morgan fingerprint density at radius 2 is 2.18 bits per heavy atom. The van der Waals surface area contributed by atoms with Gasteiger partial charge in [-0.1, -0.05) is 18.2 Å². The minimum Gasteiger partial charge on any atom is -0.486 e. The Labute approximate surface area is 132 Å². The van der Waals surface area contributed by atoms with E-state index in [9.17, 15) is 5.11 Å². The number of aliphatic hydroxyl groups excluding tert-OH is 1. The lowest BCUT2D eigenvalue weighted by Gasteiger charge is -2.42. The number of piperidine rings is 1. The number of fused-ring (bicyclic) bond motifs is 1. The summed E-state index contributed by atoms with van der Waals surface area (Å²) in [6.45, 7) is 7.44. The molecule has 2 unspecified atom stereocenters. The molecular weight excluding hydrogens is 278 g/mol. The highest BCUT2D eigenvalue weighted by Crippen LogP contribution is 2.35. The molecule has 2 heterocycles. The molecule has 0 aromatic heterocycles. The highest BCUT2D eigenvalue weighted by molar-refractivity contribution is 5.40. The van der Waals surface area contributed by atoms with Gasteiger partial charge in [-0.15, -0.1) is 6.58 Å². The first-order valence-electron chi connectivity index (χ1n) is 8.07. The van der Waals surface area contributed by atoms with Crippen LogP contribution in [0.4, 0.5) is 0 Å².